The van der Waals surface area contributed by atoms with E-state index < -0.39 is 6.04 Å². The summed E-state index contributed by atoms with van der Waals surface area (Å²) in [4.78, 5) is 14.3. The number of carbonyl (C=O) groups excluding carboxylic acids is 1. The molecule has 136 valence electrons. The number of methoxy groups -OCH3 is 1. The topological polar surface area (TPSA) is 60.0 Å². The van der Waals surface area contributed by atoms with Crippen molar-refractivity contribution in [3.63, 3.8) is 0 Å². The predicted molar refractivity (Wildman–Crippen MR) is 99.7 cm³/mol. The summed E-state index contributed by atoms with van der Waals surface area (Å²) in [7, 11) is 3.40. The van der Waals surface area contributed by atoms with Gasteiger partial charge in [0.15, 0.2) is 16.6 Å². The quantitative estimate of drug-likeness (QED) is 0.615. The Morgan fingerprint density at radius 3 is 2.60 bits per heavy atom. The van der Waals surface area contributed by atoms with Gasteiger partial charge in [-0.05, 0) is 50.7 Å². The zero-order valence-corrected chi connectivity index (χ0v) is 16.0. The van der Waals surface area contributed by atoms with Crippen LogP contribution in [0.3, 0.4) is 0 Å². The Balaban J connectivity index is 2.50. The van der Waals surface area contributed by atoms with Gasteiger partial charge >= 0.3 is 5.97 Å². The molecule has 1 aliphatic heterocycles. The minimum absolute atomic E-state index is 0.309. The first-order chi connectivity index (χ1) is 11.9. The molecule has 2 rings (SSSR count). The van der Waals surface area contributed by atoms with E-state index in [2.05, 4.69) is 5.32 Å². The van der Waals surface area contributed by atoms with Crippen molar-refractivity contribution in [1.82, 2.24) is 10.2 Å². The van der Waals surface area contributed by atoms with Gasteiger partial charge in [0.25, 0.3) is 0 Å². The molecule has 25 heavy (non-hydrogen) atoms. The van der Waals surface area contributed by atoms with Crippen LogP contribution in [0.5, 0.6) is 11.5 Å². The number of allylic oxidation sites excluding steroid dienone is 1. The zero-order chi connectivity index (χ0) is 18.6. The van der Waals surface area contributed by atoms with Crippen LogP contribution < -0.4 is 14.8 Å². The summed E-state index contributed by atoms with van der Waals surface area (Å²) >= 11 is 5.39. The fourth-order valence-electron chi connectivity index (χ4n) is 2.70. The number of hydrogen-bond donors (Lipinski definition) is 1. The van der Waals surface area contributed by atoms with Crippen molar-refractivity contribution in [3.05, 3.63) is 35.0 Å². The van der Waals surface area contributed by atoms with Crippen LogP contribution in [0.15, 0.2) is 29.5 Å². The molecule has 0 bridgehead atoms. The number of carbonyl (C=O) groups is 1. The molecule has 1 unspecified atom stereocenters. The van der Waals surface area contributed by atoms with E-state index in [0.717, 1.165) is 11.3 Å². The van der Waals surface area contributed by atoms with Gasteiger partial charge in [-0.15, -0.1) is 0 Å². The Morgan fingerprint density at radius 2 is 2.00 bits per heavy atom. The monoisotopic (exact) mass is 364 g/mol. The van der Waals surface area contributed by atoms with E-state index in [-0.39, 0.29) is 5.97 Å². The first kappa shape index (κ1) is 19.1. The van der Waals surface area contributed by atoms with E-state index in [1.807, 2.05) is 39.1 Å². The molecule has 1 aromatic carbocycles. The number of esters is 1. The maximum absolute atomic E-state index is 12.5. The highest BCUT2D eigenvalue weighted by Gasteiger charge is 2.33. The molecule has 7 heteroatoms. The Bertz CT molecular complexity index is 702. The third-order valence-electron chi connectivity index (χ3n) is 4.07. The molecule has 1 N–H and O–H groups in total. The van der Waals surface area contributed by atoms with E-state index in [4.69, 9.17) is 26.4 Å². The highest BCUT2D eigenvalue weighted by Crippen LogP contribution is 2.35. The number of ether oxygens (including phenoxy) is 3. The number of nitrogens with zero attached hydrogens (tertiary/aromatic N) is 1. The molecule has 1 atom stereocenters. The van der Waals surface area contributed by atoms with Crippen molar-refractivity contribution in [2.24, 2.45) is 0 Å². The van der Waals surface area contributed by atoms with Crippen LogP contribution in [-0.2, 0) is 9.53 Å². The van der Waals surface area contributed by atoms with E-state index in [0.29, 0.717) is 35.4 Å². The van der Waals surface area contributed by atoms with Crippen molar-refractivity contribution in [2.45, 2.75) is 26.8 Å². The van der Waals surface area contributed by atoms with Crippen LogP contribution in [0.4, 0.5) is 0 Å². The highest BCUT2D eigenvalue weighted by atomic mass is 32.1. The summed E-state index contributed by atoms with van der Waals surface area (Å²) < 4.78 is 16.2. The first-order valence-electron chi connectivity index (χ1n) is 8.17. The second kappa shape index (κ2) is 8.20. The van der Waals surface area contributed by atoms with Gasteiger partial charge in [-0.1, -0.05) is 6.07 Å². The van der Waals surface area contributed by atoms with E-state index in [9.17, 15) is 4.79 Å². The summed E-state index contributed by atoms with van der Waals surface area (Å²) in [6.45, 7) is 6.41. The smallest absolute Gasteiger partial charge is 0.338 e. The maximum Gasteiger partial charge on any atom is 0.338 e. The van der Waals surface area contributed by atoms with Gasteiger partial charge < -0.3 is 24.4 Å². The van der Waals surface area contributed by atoms with E-state index in [1.165, 1.54) is 0 Å². The van der Waals surface area contributed by atoms with Crippen molar-refractivity contribution in [1.29, 1.82) is 0 Å². The molecule has 0 aromatic heterocycles. The fourth-order valence-corrected chi connectivity index (χ4v) is 2.95. The van der Waals surface area contributed by atoms with Gasteiger partial charge in [0.2, 0.25) is 0 Å². The third-order valence-corrected chi connectivity index (χ3v) is 4.46. The molecule has 0 aliphatic carbocycles. The minimum atomic E-state index is -0.410. The largest absolute Gasteiger partial charge is 0.493 e. The fraction of sp³-hybridized carbons (Fsp3) is 0.444. The zero-order valence-electron chi connectivity index (χ0n) is 15.2. The molecule has 1 aromatic rings. The molecule has 1 aliphatic rings. The molecule has 0 amide bonds. The normalized spacial score (nSPS) is 17.2. The lowest BCUT2D eigenvalue weighted by molar-refractivity contribution is -0.139. The molecule has 0 saturated carbocycles. The summed E-state index contributed by atoms with van der Waals surface area (Å²) in [6.07, 6.45) is 0. The van der Waals surface area contributed by atoms with Crippen LogP contribution in [0, 0.1) is 0 Å². The lowest BCUT2D eigenvalue weighted by Crippen LogP contribution is -2.46. The molecule has 6 nitrogen and oxygen atoms in total. The Morgan fingerprint density at radius 1 is 1.28 bits per heavy atom. The highest BCUT2D eigenvalue weighted by molar-refractivity contribution is 7.80. The van der Waals surface area contributed by atoms with Crippen molar-refractivity contribution >= 4 is 23.3 Å². The van der Waals surface area contributed by atoms with Gasteiger partial charge in [-0.2, -0.15) is 0 Å². The second-order valence-electron chi connectivity index (χ2n) is 5.50. The standard InChI is InChI=1S/C18H24N2O4S/c1-6-23-13-9-8-12(10-14(13)22-5)16-15(17(21)24-7-2)11(3)20(4)18(25)19-16/h8-10,16H,6-7H2,1-5H3,(H,19,25). The Hall–Kier alpha value is -2.28. The van der Waals surface area contributed by atoms with Gasteiger partial charge in [0.05, 0.1) is 31.9 Å². The molecular formula is C18H24N2O4S. The molecule has 0 radical (unpaired) electrons. The summed E-state index contributed by atoms with van der Waals surface area (Å²) in [6, 6.07) is 5.17. The summed E-state index contributed by atoms with van der Waals surface area (Å²) in [5, 5.41) is 3.75. The van der Waals surface area contributed by atoms with Crippen LogP contribution >= 0.6 is 12.2 Å². The van der Waals surface area contributed by atoms with Gasteiger partial charge in [-0.25, -0.2) is 4.79 Å². The molecular weight excluding hydrogens is 340 g/mol. The minimum Gasteiger partial charge on any atom is -0.493 e. The lowest BCUT2D eigenvalue weighted by atomic mass is 9.95. The number of thiocarbonyl (C=S) groups is 1. The molecule has 1 heterocycles. The van der Waals surface area contributed by atoms with Crippen LogP contribution in [0.1, 0.15) is 32.4 Å². The lowest BCUT2D eigenvalue weighted by Gasteiger charge is -2.35. The Kier molecular flexibility index (Phi) is 6.25. The first-order valence-corrected chi connectivity index (χ1v) is 8.58. The summed E-state index contributed by atoms with van der Waals surface area (Å²) in [5.74, 6) is 0.897. The van der Waals surface area contributed by atoms with Crippen molar-refractivity contribution in [2.75, 3.05) is 27.4 Å². The van der Waals surface area contributed by atoms with E-state index in [1.54, 1.807) is 18.9 Å². The number of nitrogens with one attached hydrogen (secondary N) is 1. The number of hydrogen-bond acceptors (Lipinski definition) is 5. The average Bonchev–Trinajstić information content (AvgIpc) is 2.60. The maximum atomic E-state index is 12.5. The third kappa shape index (κ3) is 3.87. The van der Waals surface area contributed by atoms with Crippen LogP contribution in [-0.4, -0.2) is 43.4 Å². The van der Waals surface area contributed by atoms with Crippen molar-refractivity contribution < 1.29 is 19.0 Å². The predicted octanol–water partition coefficient (Wildman–Crippen LogP) is 2.79. The van der Waals surface area contributed by atoms with Gasteiger partial charge in [0, 0.05) is 12.7 Å². The van der Waals surface area contributed by atoms with E-state index >= 15 is 0 Å². The average molecular weight is 364 g/mol. The molecule has 0 fully saturated rings. The number of benzene rings is 1. The molecule has 0 spiro atoms. The molecule has 0 saturated heterocycles. The van der Waals surface area contributed by atoms with Crippen LogP contribution in [0.2, 0.25) is 0 Å². The summed E-state index contributed by atoms with van der Waals surface area (Å²) in [5.41, 5.74) is 2.14. The second-order valence-corrected chi connectivity index (χ2v) is 5.89. The van der Waals surface area contributed by atoms with Crippen LogP contribution in [0.25, 0.3) is 0 Å². The number of rotatable bonds is 6. The SMILES string of the molecule is CCOC(=O)C1=C(C)N(C)C(=S)NC1c1ccc(OCC)c(OC)c1. The van der Waals surface area contributed by atoms with Gasteiger partial charge in [-0.3, -0.25) is 0 Å². The Labute approximate surface area is 153 Å². The van der Waals surface area contributed by atoms with Crippen molar-refractivity contribution in [3.8, 4) is 11.5 Å². The van der Waals surface area contributed by atoms with Gasteiger partial charge in [0.1, 0.15) is 0 Å².